The lowest BCUT2D eigenvalue weighted by molar-refractivity contribution is -0.0493. The Balaban J connectivity index is 2.02. The Hall–Kier alpha value is -0.970. The van der Waals surface area contributed by atoms with Crippen molar-refractivity contribution in [3.05, 3.63) is 17.5 Å². The van der Waals surface area contributed by atoms with E-state index in [0.29, 0.717) is 18.8 Å². The summed E-state index contributed by atoms with van der Waals surface area (Å²) in [6.45, 7) is 4.92. The predicted molar refractivity (Wildman–Crippen MR) is 76.1 cm³/mol. The van der Waals surface area contributed by atoms with Crippen LogP contribution >= 0.6 is 0 Å². The molecule has 20 heavy (non-hydrogen) atoms. The van der Waals surface area contributed by atoms with Gasteiger partial charge >= 0.3 is 0 Å². The molecule has 0 radical (unpaired) electrons. The van der Waals surface area contributed by atoms with E-state index in [0.717, 1.165) is 18.7 Å². The summed E-state index contributed by atoms with van der Waals surface area (Å²) in [7, 11) is 1.93. The van der Waals surface area contributed by atoms with Gasteiger partial charge in [0.25, 0.3) is 0 Å². The standard InChI is InChI=1S/C15H25F2N3/c1-4-20-13(9-11(2)19-20)10-14(18-3)12-5-7-15(16,17)8-6-12/h9,12,14,18H,4-8,10H2,1-3H3. The number of rotatable bonds is 5. The number of aryl methyl sites for hydroxylation is 2. The van der Waals surface area contributed by atoms with Crippen molar-refractivity contribution >= 4 is 0 Å². The summed E-state index contributed by atoms with van der Waals surface area (Å²) in [6, 6.07) is 2.36. The molecule has 0 saturated heterocycles. The van der Waals surface area contributed by atoms with E-state index in [4.69, 9.17) is 0 Å². The second kappa shape index (κ2) is 6.20. The Morgan fingerprint density at radius 2 is 2.10 bits per heavy atom. The maximum atomic E-state index is 13.3. The zero-order valence-corrected chi connectivity index (χ0v) is 12.6. The van der Waals surface area contributed by atoms with Gasteiger partial charge in [-0.3, -0.25) is 4.68 Å². The van der Waals surface area contributed by atoms with Crippen molar-refractivity contribution in [2.24, 2.45) is 5.92 Å². The van der Waals surface area contributed by atoms with Gasteiger partial charge in [-0.1, -0.05) is 0 Å². The lowest BCUT2D eigenvalue weighted by Crippen LogP contribution is -2.40. The molecule has 1 heterocycles. The average Bonchev–Trinajstić information content (AvgIpc) is 2.76. The molecule has 1 saturated carbocycles. The van der Waals surface area contributed by atoms with Crippen LogP contribution in [0.15, 0.2) is 6.07 Å². The van der Waals surface area contributed by atoms with Gasteiger partial charge in [-0.2, -0.15) is 5.10 Å². The second-order valence-corrected chi connectivity index (χ2v) is 5.89. The van der Waals surface area contributed by atoms with Gasteiger partial charge in [-0.05, 0) is 45.7 Å². The molecule has 1 N–H and O–H groups in total. The molecule has 0 spiro atoms. The summed E-state index contributed by atoms with van der Waals surface area (Å²) in [4.78, 5) is 0. The highest BCUT2D eigenvalue weighted by Gasteiger charge is 2.37. The third-order valence-corrected chi connectivity index (χ3v) is 4.42. The Kier molecular flexibility index (Phi) is 4.78. The SMILES string of the molecule is CCn1nc(C)cc1CC(NC)C1CCC(F)(F)CC1. The number of aromatic nitrogens is 2. The van der Waals surface area contributed by atoms with Crippen LogP contribution in [0.2, 0.25) is 0 Å². The molecule has 1 atom stereocenters. The van der Waals surface area contributed by atoms with Gasteiger partial charge in [0, 0.05) is 37.5 Å². The second-order valence-electron chi connectivity index (χ2n) is 5.89. The van der Waals surface area contributed by atoms with Crippen molar-refractivity contribution in [1.29, 1.82) is 0 Å². The number of halogens is 2. The first-order valence-electron chi connectivity index (χ1n) is 7.53. The van der Waals surface area contributed by atoms with Crippen molar-refractivity contribution in [2.45, 2.75) is 64.5 Å². The molecule has 0 amide bonds. The van der Waals surface area contributed by atoms with Crippen LogP contribution in [0.25, 0.3) is 0 Å². The summed E-state index contributed by atoms with van der Waals surface area (Å²) in [5.41, 5.74) is 2.22. The van der Waals surface area contributed by atoms with E-state index in [-0.39, 0.29) is 18.9 Å². The van der Waals surface area contributed by atoms with Crippen molar-refractivity contribution in [3.63, 3.8) is 0 Å². The Morgan fingerprint density at radius 1 is 1.45 bits per heavy atom. The summed E-state index contributed by atoms with van der Waals surface area (Å²) in [6.07, 6.45) is 2.14. The van der Waals surface area contributed by atoms with Gasteiger partial charge in [0.2, 0.25) is 5.92 Å². The maximum Gasteiger partial charge on any atom is 0.248 e. The van der Waals surface area contributed by atoms with Crippen molar-refractivity contribution in [2.75, 3.05) is 7.05 Å². The largest absolute Gasteiger partial charge is 0.316 e. The molecule has 1 fully saturated rings. The smallest absolute Gasteiger partial charge is 0.248 e. The molecule has 2 rings (SSSR count). The topological polar surface area (TPSA) is 29.9 Å². The van der Waals surface area contributed by atoms with Crippen molar-refractivity contribution < 1.29 is 8.78 Å². The van der Waals surface area contributed by atoms with Crippen LogP contribution in [-0.4, -0.2) is 28.8 Å². The molecule has 0 bridgehead atoms. The van der Waals surface area contributed by atoms with Gasteiger partial charge in [-0.15, -0.1) is 0 Å². The third-order valence-electron chi connectivity index (χ3n) is 4.42. The number of likely N-dealkylation sites (N-methyl/N-ethyl adjacent to an activating group) is 1. The fourth-order valence-electron chi connectivity index (χ4n) is 3.23. The summed E-state index contributed by atoms with van der Waals surface area (Å²) in [5.74, 6) is -2.11. The number of alkyl halides is 2. The molecule has 1 aromatic heterocycles. The zero-order chi connectivity index (χ0) is 14.8. The maximum absolute atomic E-state index is 13.3. The molecular formula is C15H25F2N3. The number of hydrogen-bond donors (Lipinski definition) is 1. The van der Waals surface area contributed by atoms with E-state index < -0.39 is 5.92 Å². The summed E-state index contributed by atoms with van der Waals surface area (Å²) < 4.78 is 28.5. The highest BCUT2D eigenvalue weighted by atomic mass is 19.3. The third kappa shape index (κ3) is 3.57. The van der Waals surface area contributed by atoms with Gasteiger partial charge < -0.3 is 5.32 Å². The molecule has 3 nitrogen and oxygen atoms in total. The zero-order valence-electron chi connectivity index (χ0n) is 12.6. The predicted octanol–water partition coefficient (Wildman–Crippen LogP) is 3.17. The molecule has 0 aliphatic heterocycles. The van der Waals surface area contributed by atoms with E-state index in [9.17, 15) is 8.78 Å². The molecule has 0 aromatic carbocycles. The lowest BCUT2D eigenvalue weighted by Gasteiger charge is -2.33. The minimum Gasteiger partial charge on any atom is -0.316 e. The van der Waals surface area contributed by atoms with Gasteiger partial charge in [-0.25, -0.2) is 8.78 Å². The van der Waals surface area contributed by atoms with Crippen LogP contribution in [0.3, 0.4) is 0 Å². The summed E-state index contributed by atoms with van der Waals surface area (Å²) in [5, 5.41) is 7.78. The minimum absolute atomic E-state index is 0.0297. The first-order chi connectivity index (χ1) is 9.45. The van der Waals surface area contributed by atoms with E-state index >= 15 is 0 Å². The molecule has 1 unspecified atom stereocenters. The monoisotopic (exact) mass is 285 g/mol. The molecular weight excluding hydrogens is 260 g/mol. The molecule has 1 aliphatic carbocycles. The highest BCUT2D eigenvalue weighted by molar-refractivity contribution is 5.11. The van der Waals surface area contributed by atoms with Gasteiger partial charge in [0.15, 0.2) is 0 Å². The van der Waals surface area contributed by atoms with E-state index in [1.54, 1.807) is 0 Å². The molecule has 5 heteroatoms. The van der Waals surface area contributed by atoms with Crippen LogP contribution in [0.4, 0.5) is 8.78 Å². The van der Waals surface area contributed by atoms with Crippen LogP contribution in [-0.2, 0) is 13.0 Å². The van der Waals surface area contributed by atoms with Crippen LogP contribution in [0.1, 0.15) is 44.0 Å². The van der Waals surface area contributed by atoms with E-state index in [1.807, 2.05) is 18.7 Å². The first-order valence-corrected chi connectivity index (χ1v) is 7.53. The van der Waals surface area contributed by atoms with E-state index in [2.05, 4.69) is 23.4 Å². The van der Waals surface area contributed by atoms with Crippen molar-refractivity contribution in [3.8, 4) is 0 Å². The number of hydrogen-bond acceptors (Lipinski definition) is 2. The normalized spacial score (nSPS) is 21.1. The Labute approximate surface area is 119 Å². The average molecular weight is 285 g/mol. The van der Waals surface area contributed by atoms with Crippen LogP contribution < -0.4 is 5.32 Å². The lowest BCUT2D eigenvalue weighted by atomic mass is 9.80. The Morgan fingerprint density at radius 3 is 2.65 bits per heavy atom. The minimum atomic E-state index is -2.45. The Bertz CT molecular complexity index is 432. The number of nitrogens with zero attached hydrogens (tertiary/aromatic N) is 2. The van der Waals surface area contributed by atoms with Crippen LogP contribution in [0.5, 0.6) is 0 Å². The first kappa shape index (κ1) is 15.4. The molecule has 1 aromatic rings. The van der Waals surface area contributed by atoms with Crippen LogP contribution in [0, 0.1) is 12.8 Å². The van der Waals surface area contributed by atoms with Crippen molar-refractivity contribution in [1.82, 2.24) is 15.1 Å². The fourth-order valence-corrected chi connectivity index (χ4v) is 3.23. The fraction of sp³-hybridized carbons (Fsp3) is 0.800. The molecule has 114 valence electrons. The summed E-state index contributed by atoms with van der Waals surface area (Å²) >= 11 is 0. The quantitative estimate of drug-likeness (QED) is 0.900. The highest BCUT2D eigenvalue weighted by Crippen LogP contribution is 2.37. The van der Waals surface area contributed by atoms with E-state index in [1.165, 1.54) is 5.69 Å². The number of nitrogens with one attached hydrogen (secondary N) is 1. The van der Waals surface area contributed by atoms with Gasteiger partial charge in [0.05, 0.1) is 5.69 Å². The molecule has 1 aliphatic rings. The van der Waals surface area contributed by atoms with Gasteiger partial charge in [0.1, 0.15) is 0 Å².